The van der Waals surface area contributed by atoms with Crippen molar-refractivity contribution >= 4 is 23.3 Å². The number of hydrogen-bond acceptors (Lipinski definition) is 4. The Morgan fingerprint density at radius 3 is 2.06 bits per heavy atom. The molecule has 7 rings (SSSR count). The van der Waals surface area contributed by atoms with Crippen LogP contribution < -0.4 is 9.64 Å². The lowest BCUT2D eigenvalue weighted by Crippen LogP contribution is -2.40. The van der Waals surface area contributed by atoms with Gasteiger partial charge < -0.3 is 4.74 Å². The lowest BCUT2D eigenvalue weighted by atomic mass is 9.63. The molecule has 0 unspecified atom stereocenters. The van der Waals surface area contributed by atoms with E-state index in [0.717, 1.165) is 6.42 Å². The molecular formula is C26H23NO4. The third kappa shape index (κ3) is 2.72. The van der Waals surface area contributed by atoms with Gasteiger partial charge in [0.15, 0.2) is 6.10 Å². The third-order valence-corrected chi connectivity index (χ3v) is 7.50. The highest BCUT2D eigenvalue weighted by molar-refractivity contribution is 6.22. The van der Waals surface area contributed by atoms with Gasteiger partial charge in [-0.25, -0.2) is 0 Å². The molecule has 2 aromatic carbocycles. The normalized spacial score (nSPS) is 33.1. The van der Waals surface area contributed by atoms with Crippen LogP contribution in [0.5, 0.6) is 5.75 Å². The average molecular weight is 413 g/mol. The molecule has 5 aliphatic rings. The topological polar surface area (TPSA) is 63.7 Å². The molecule has 1 heterocycles. The van der Waals surface area contributed by atoms with Crippen LogP contribution in [-0.2, 0) is 9.59 Å². The van der Waals surface area contributed by atoms with Crippen molar-refractivity contribution in [2.24, 2.45) is 35.5 Å². The van der Waals surface area contributed by atoms with Crippen LogP contribution in [0.3, 0.4) is 0 Å². The van der Waals surface area contributed by atoms with Gasteiger partial charge >= 0.3 is 0 Å². The molecule has 2 saturated carbocycles. The number of ether oxygens (including phenoxy) is 1. The molecule has 5 heteroatoms. The number of nitrogens with zero attached hydrogens (tertiary/aromatic N) is 1. The molecule has 1 aliphatic heterocycles. The van der Waals surface area contributed by atoms with Crippen molar-refractivity contribution in [3.8, 4) is 5.75 Å². The van der Waals surface area contributed by atoms with Gasteiger partial charge in [0.1, 0.15) is 5.75 Å². The molecule has 2 aromatic rings. The van der Waals surface area contributed by atoms with Crippen molar-refractivity contribution in [3.05, 3.63) is 72.3 Å². The third-order valence-electron chi connectivity index (χ3n) is 7.50. The van der Waals surface area contributed by atoms with Crippen molar-refractivity contribution < 1.29 is 19.1 Å². The first kappa shape index (κ1) is 18.6. The molecule has 1 saturated heterocycles. The molecule has 4 aliphatic carbocycles. The summed E-state index contributed by atoms with van der Waals surface area (Å²) >= 11 is 0. The molecule has 0 aromatic heterocycles. The predicted molar refractivity (Wildman–Crippen MR) is 114 cm³/mol. The highest BCUT2D eigenvalue weighted by Crippen LogP contribution is 2.65. The Morgan fingerprint density at radius 1 is 0.903 bits per heavy atom. The molecule has 3 fully saturated rings. The number of anilines is 1. The molecule has 5 nitrogen and oxygen atoms in total. The van der Waals surface area contributed by atoms with Gasteiger partial charge in [-0.2, -0.15) is 0 Å². The summed E-state index contributed by atoms with van der Waals surface area (Å²) < 4.78 is 5.81. The first-order chi connectivity index (χ1) is 15.0. The fourth-order valence-corrected chi connectivity index (χ4v) is 5.98. The Balaban J connectivity index is 1.19. The second kappa shape index (κ2) is 6.64. The van der Waals surface area contributed by atoms with Gasteiger partial charge in [-0.15, -0.1) is 0 Å². The van der Waals surface area contributed by atoms with E-state index in [4.69, 9.17) is 4.74 Å². The van der Waals surface area contributed by atoms with Gasteiger partial charge in [-0.05, 0) is 61.3 Å². The second-order valence-corrected chi connectivity index (χ2v) is 9.15. The summed E-state index contributed by atoms with van der Waals surface area (Å²) in [7, 11) is 0. The molecule has 0 spiro atoms. The van der Waals surface area contributed by atoms with E-state index in [2.05, 4.69) is 12.2 Å². The molecule has 0 N–H and O–H groups in total. The number of imide groups is 1. The zero-order chi connectivity index (χ0) is 21.3. The van der Waals surface area contributed by atoms with Crippen LogP contribution in [0.15, 0.2) is 66.7 Å². The highest BCUT2D eigenvalue weighted by Gasteiger charge is 2.67. The van der Waals surface area contributed by atoms with Gasteiger partial charge in [0, 0.05) is 5.56 Å². The van der Waals surface area contributed by atoms with Gasteiger partial charge in [0.25, 0.3) is 0 Å². The van der Waals surface area contributed by atoms with Crippen molar-refractivity contribution in [2.75, 3.05) is 4.90 Å². The van der Waals surface area contributed by atoms with Gasteiger partial charge in [0.05, 0.1) is 17.5 Å². The minimum absolute atomic E-state index is 0.0685. The van der Waals surface area contributed by atoms with Crippen molar-refractivity contribution in [2.45, 2.75) is 19.4 Å². The SMILES string of the molecule is C[C@H](Oc1ccc(N2C(=O)[C@@H]3[C@H]4C=C[C@@H]([C@@H]5C[C@@H]45)[C@H]3C2=O)cc1)C(=O)c1ccccc1. The largest absolute Gasteiger partial charge is 0.483 e. The number of rotatable bonds is 5. The molecule has 7 atom stereocenters. The van der Waals surface area contributed by atoms with E-state index in [0.29, 0.717) is 28.8 Å². The smallest absolute Gasteiger partial charge is 0.238 e. The number of ketones is 1. The van der Waals surface area contributed by atoms with E-state index in [9.17, 15) is 14.4 Å². The summed E-state index contributed by atoms with van der Waals surface area (Å²) in [5, 5.41) is 0. The first-order valence-electron chi connectivity index (χ1n) is 11.0. The quantitative estimate of drug-likeness (QED) is 0.424. The Bertz CT molecular complexity index is 1070. The van der Waals surface area contributed by atoms with E-state index >= 15 is 0 Å². The first-order valence-corrected chi connectivity index (χ1v) is 11.0. The number of amides is 2. The van der Waals surface area contributed by atoms with Crippen LogP contribution >= 0.6 is 0 Å². The summed E-state index contributed by atoms with van der Waals surface area (Å²) in [6.07, 6.45) is 4.87. The number of allylic oxidation sites excluding steroid dienone is 2. The minimum atomic E-state index is -0.639. The lowest BCUT2D eigenvalue weighted by Gasteiger charge is -2.37. The van der Waals surface area contributed by atoms with Gasteiger partial charge in [0.2, 0.25) is 17.6 Å². The number of benzene rings is 2. The van der Waals surface area contributed by atoms with Gasteiger partial charge in [-0.3, -0.25) is 19.3 Å². The lowest BCUT2D eigenvalue weighted by molar-refractivity contribution is -0.124. The van der Waals surface area contributed by atoms with Crippen LogP contribution in [0.2, 0.25) is 0 Å². The Kier molecular flexibility index (Phi) is 3.98. The van der Waals surface area contributed by atoms with Crippen LogP contribution in [0.1, 0.15) is 23.7 Å². The highest BCUT2D eigenvalue weighted by atomic mass is 16.5. The molecule has 2 amide bonds. The summed E-state index contributed by atoms with van der Waals surface area (Å²) in [4.78, 5) is 40.3. The van der Waals surface area contributed by atoms with Crippen molar-refractivity contribution in [1.82, 2.24) is 0 Å². The van der Waals surface area contributed by atoms with E-state index in [1.165, 1.54) is 4.90 Å². The molecular weight excluding hydrogens is 390 g/mol. The maximum Gasteiger partial charge on any atom is 0.238 e. The Hall–Kier alpha value is -3.21. The van der Waals surface area contributed by atoms with E-state index in [-0.39, 0.29) is 41.3 Å². The number of carbonyl (C=O) groups excluding carboxylic acids is 3. The number of hydrogen-bond donors (Lipinski definition) is 0. The van der Waals surface area contributed by atoms with E-state index in [1.54, 1.807) is 43.3 Å². The van der Waals surface area contributed by atoms with Crippen LogP contribution in [0, 0.1) is 35.5 Å². The predicted octanol–water partition coefficient (Wildman–Crippen LogP) is 3.89. The van der Waals surface area contributed by atoms with Crippen molar-refractivity contribution in [3.63, 3.8) is 0 Å². The maximum absolute atomic E-state index is 13.2. The van der Waals surface area contributed by atoms with E-state index in [1.807, 2.05) is 18.2 Å². The second-order valence-electron chi connectivity index (χ2n) is 9.15. The van der Waals surface area contributed by atoms with Crippen LogP contribution in [0.4, 0.5) is 5.69 Å². The molecule has 2 bridgehead atoms. The van der Waals surface area contributed by atoms with Crippen LogP contribution in [-0.4, -0.2) is 23.7 Å². The Morgan fingerprint density at radius 2 is 1.48 bits per heavy atom. The monoisotopic (exact) mass is 413 g/mol. The fraction of sp³-hybridized carbons (Fsp3) is 0.346. The molecule has 156 valence electrons. The number of Topliss-reactive ketones (excluding diaryl/α,β-unsaturated/α-hetero) is 1. The molecule has 31 heavy (non-hydrogen) atoms. The fourth-order valence-electron chi connectivity index (χ4n) is 5.98. The summed E-state index contributed by atoms with van der Waals surface area (Å²) in [6.45, 7) is 1.72. The zero-order valence-corrected chi connectivity index (χ0v) is 17.2. The standard InChI is InChI=1S/C26H23NO4/c1-14(24(28)15-5-3-2-4-6-15)31-17-9-7-16(8-10-17)27-25(29)22-18-11-12-19(21-13-20(18)21)23(22)26(27)30/h2-12,14,18-23H,13H2,1H3/t14-,18-,19-,20-,21-,22+,23+/m0/s1. The van der Waals surface area contributed by atoms with Crippen LogP contribution in [0.25, 0.3) is 0 Å². The summed E-state index contributed by atoms with van der Waals surface area (Å²) in [6, 6.07) is 15.9. The minimum Gasteiger partial charge on any atom is -0.483 e. The van der Waals surface area contributed by atoms with E-state index < -0.39 is 6.10 Å². The maximum atomic E-state index is 13.2. The zero-order valence-electron chi connectivity index (χ0n) is 17.2. The van der Waals surface area contributed by atoms with Gasteiger partial charge in [-0.1, -0.05) is 42.5 Å². The average Bonchev–Trinajstić information content (AvgIpc) is 3.58. The summed E-state index contributed by atoms with van der Waals surface area (Å²) in [5.41, 5.74) is 1.18. The van der Waals surface area contributed by atoms with Crippen molar-refractivity contribution in [1.29, 1.82) is 0 Å². The molecule has 0 radical (unpaired) electrons. The summed E-state index contributed by atoms with van der Waals surface area (Å²) in [5.74, 6) is 1.50. The Labute approximate surface area is 180 Å². The number of carbonyl (C=O) groups is 3.